The molecule has 0 saturated carbocycles. The fourth-order valence-corrected chi connectivity index (χ4v) is 2.18. The van der Waals surface area contributed by atoms with Crippen LogP contribution in [0, 0.1) is 13.8 Å². The van der Waals surface area contributed by atoms with Gasteiger partial charge in [-0.05, 0) is 25.8 Å². The number of nitrogens with zero attached hydrogens (tertiary/aromatic N) is 3. The van der Waals surface area contributed by atoms with Crippen molar-refractivity contribution in [3.63, 3.8) is 0 Å². The molecular weight excluding hydrogens is 234 g/mol. The smallest absolute Gasteiger partial charge is 0.279 e. The highest BCUT2D eigenvalue weighted by atomic mass is 16.3. The molecule has 18 heavy (non-hydrogen) atoms. The third kappa shape index (κ3) is 2.03. The van der Waals surface area contributed by atoms with Crippen LogP contribution < -0.4 is 5.56 Å². The van der Waals surface area contributed by atoms with E-state index in [1.807, 2.05) is 0 Å². The van der Waals surface area contributed by atoms with Crippen LogP contribution >= 0.6 is 0 Å². The minimum Gasteiger partial charge on any atom is -0.391 e. The first kappa shape index (κ1) is 12.8. The fourth-order valence-electron chi connectivity index (χ4n) is 2.18. The van der Waals surface area contributed by atoms with Crippen LogP contribution in [0.5, 0.6) is 0 Å². The summed E-state index contributed by atoms with van der Waals surface area (Å²) < 4.78 is 1.18. The molecule has 0 bridgehead atoms. The normalized spacial score (nSPS) is 19.3. The molecule has 6 heteroatoms. The molecule has 1 amide bonds. The number of rotatable bonds is 1. The fraction of sp³-hybridized carbons (Fsp3) is 0.583. The molecule has 1 fully saturated rings. The van der Waals surface area contributed by atoms with Gasteiger partial charge in [0.2, 0.25) is 0 Å². The summed E-state index contributed by atoms with van der Waals surface area (Å²) in [5.74, 6) is -0.310. The van der Waals surface area contributed by atoms with Crippen LogP contribution in [-0.2, 0) is 7.05 Å². The number of hydrogen-bond acceptors (Lipinski definition) is 4. The van der Waals surface area contributed by atoms with Gasteiger partial charge in [-0.1, -0.05) is 0 Å². The summed E-state index contributed by atoms with van der Waals surface area (Å²) in [7, 11) is 1.53. The highest BCUT2D eigenvalue weighted by Gasteiger charge is 2.29. The molecule has 0 unspecified atom stereocenters. The van der Waals surface area contributed by atoms with Gasteiger partial charge in [0.15, 0.2) is 0 Å². The van der Waals surface area contributed by atoms with Crippen LogP contribution in [0.2, 0.25) is 0 Å². The molecule has 2 heterocycles. The van der Waals surface area contributed by atoms with Crippen molar-refractivity contribution in [2.24, 2.45) is 7.05 Å². The van der Waals surface area contributed by atoms with Crippen molar-refractivity contribution in [2.45, 2.75) is 26.4 Å². The van der Waals surface area contributed by atoms with Crippen LogP contribution in [0.1, 0.15) is 28.0 Å². The van der Waals surface area contributed by atoms with Gasteiger partial charge in [-0.25, -0.2) is 4.68 Å². The van der Waals surface area contributed by atoms with Crippen molar-refractivity contribution >= 4 is 5.91 Å². The lowest BCUT2D eigenvalue weighted by Gasteiger charge is -2.17. The van der Waals surface area contributed by atoms with E-state index in [1.54, 1.807) is 13.8 Å². The van der Waals surface area contributed by atoms with Crippen LogP contribution in [0.15, 0.2) is 4.79 Å². The zero-order valence-electron chi connectivity index (χ0n) is 10.8. The molecule has 1 atom stereocenters. The second-order valence-electron chi connectivity index (χ2n) is 4.71. The van der Waals surface area contributed by atoms with E-state index < -0.39 is 6.10 Å². The molecule has 6 nitrogen and oxygen atoms in total. The molecule has 2 rings (SSSR count). The van der Waals surface area contributed by atoms with Crippen molar-refractivity contribution in [3.05, 3.63) is 27.2 Å². The Kier molecular flexibility index (Phi) is 3.21. The number of likely N-dealkylation sites (tertiary alicyclic amines) is 1. The third-order valence-corrected chi connectivity index (χ3v) is 3.39. The molecule has 1 aliphatic heterocycles. The quantitative estimate of drug-likeness (QED) is 0.737. The molecular formula is C12H17N3O3. The van der Waals surface area contributed by atoms with Crippen LogP contribution in [0.25, 0.3) is 0 Å². The number of carbonyl (C=O) groups excluding carboxylic acids is 1. The van der Waals surface area contributed by atoms with Gasteiger partial charge in [0.1, 0.15) is 5.56 Å². The lowest BCUT2D eigenvalue weighted by molar-refractivity contribution is 0.0761. The number of amides is 1. The maximum absolute atomic E-state index is 12.3. The molecule has 98 valence electrons. The Hall–Kier alpha value is -1.69. The van der Waals surface area contributed by atoms with E-state index in [-0.39, 0.29) is 17.0 Å². The van der Waals surface area contributed by atoms with E-state index >= 15 is 0 Å². The first-order valence-corrected chi connectivity index (χ1v) is 5.93. The topological polar surface area (TPSA) is 75.4 Å². The highest BCUT2D eigenvalue weighted by molar-refractivity contribution is 5.95. The van der Waals surface area contributed by atoms with Gasteiger partial charge in [0, 0.05) is 20.1 Å². The number of aryl methyl sites for hydroxylation is 2. The molecule has 1 aromatic rings. The lowest BCUT2D eigenvalue weighted by atomic mass is 10.1. The van der Waals surface area contributed by atoms with E-state index in [0.717, 1.165) is 0 Å². The van der Waals surface area contributed by atoms with Gasteiger partial charge in [-0.15, -0.1) is 0 Å². The van der Waals surface area contributed by atoms with E-state index in [2.05, 4.69) is 5.10 Å². The maximum Gasteiger partial charge on any atom is 0.279 e. The number of aromatic nitrogens is 2. The van der Waals surface area contributed by atoms with E-state index in [4.69, 9.17) is 0 Å². The molecule has 0 spiro atoms. The van der Waals surface area contributed by atoms with Gasteiger partial charge in [0.25, 0.3) is 11.5 Å². The standard InChI is InChI=1S/C12H17N3O3/c1-7-8(2)13-14(3)11(17)10(7)12(18)15-5-4-9(16)6-15/h9,16H,4-6H2,1-3H3/t9-/m1/s1. The van der Waals surface area contributed by atoms with Crippen molar-refractivity contribution in [1.29, 1.82) is 0 Å². The number of β-amino-alcohol motifs (C(OH)–C–C–N with tert-alkyl or cyclic N) is 1. The summed E-state index contributed by atoms with van der Waals surface area (Å²) in [6, 6.07) is 0. The third-order valence-electron chi connectivity index (χ3n) is 3.39. The Balaban J connectivity index is 2.45. The highest BCUT2D eigenvalue weighted by Crippen LogP contribution is 2.14. The van der Waals surface area contributed by atoms with Gasteiger partial charge in [-0.2, -0.15) is 5.10 Å². The second-order valence-corrected chi connectivity index (χ2v) is 4.71. The predicted octanol–water partition coefficient (Wildman–Crippen LogP) is -0.396. The summed E-state index contributed by atoms with van der Waals surface area (Å²) in [5, 5.41) is 13.5. The maximum atomic E-state index is 12.3. The Bertz CT molecular complexity index is 550. The average molecular weight is 251 g/mol. The first-order chi connectivity index (χ1) is 8.41. The number of aliphatic hydroxyl groups is 1. The molecule has 1 N–H and O–H groups in total. The first-order valence-electron chi connectivity index (χ1n) is 5.93. The largest absolute Gasteiger partial charge is 0.391 e. The average Bonchev–Trinajstić information content (AvgIpc) is 2.73. The molecule has 0 radical (unpaired) electrons. The van der Waals surface area contributed by atoms with E-state index in [9.17, 15) is 14.7 Å². The Morgan fingerprint density at radius 3 is 2.67 bits per heavy atom. The van der Waals surface area contributed by atoms with E-state index in [1.165, 1.54) is 16.6 Å². The summed E-state index contributed by atoms with van der Waals surface area (Å²) in [5.41, 5.74) is 1.06. The SMILES string of the molecule is Cc1nn(C)c(=O)c(C(=O)N2CC[C@@H](O)C2)c1C. The summed E-state index contributed by atoms with van der Waals surface area (Å²) in [6.07, 6.45) is 0.0795. The second kappa shape index (κ2) is 4.53. The molecule has 1 saturated heterocycles. The van der Waals surface area contributed by atoms with E-state index in [0.29, 0.717) is 30.8 Å². The lowest BCUT2D eigenvalue weighted by Crippen LogP contribution is -2.37. The Morgan fingerprint density at radius 1 is 1.44 bits per heavy atom. The van der Waals surface area contributed by atoms with Crippen molar-refractivity contribution in [3.8, 4) is 0 Å². The molecule has 1 aromatic heterocycles. The zero-order chi connectivity index (χ0) is 13.4. The molecule has 0 aromatic carbocycles. The number of hydrogen-bond donors (Lipinski definition) is 1. The Morgan fingerprint density at radius 2 is 2.11 bits per heavy atom. The summed E-state index contributed by atoms with van der Waals surface area (Å²) in [6.45, 7) is 4.28. The predicted molar refractivity (Wildman–Crippen MR) is 65.5 cm³/mol. The monoisotopic (exact) mass is 251 g/mol. The summed E-state index contributed by atoms with van der Waals surface area (Å²) >= 11 is 0. The van der Waals surface area contributed by atoms with Crippen LogP contribution in [0.3, 0.4) is 0 Å². The van der Waals surface area contributed by atoms with Crippen molar-refractivity contribution in [2.75, 3.05) is 13.1 Å². The van der Waals surface area contributed by atoms with Crippen molar-refractivity contribution < 1.29 is 9.90 Å². The molecule has 0 aliphatic carbocycles. The molecule has 1 aliphatic rings. The Labute approximate surface area is 105 Å². The number of carbonyl (C=O) groups is 1. The van der Waals surface area contributed by atoms with Crippen LogP contribution in [-0.4, -0.2) is 44.9 Å². The van der Waals surface area contributed by atoms with Gasteiger partial charge in [0.05, 0.1) is 11.8 Å². The van der Waals surface area contributed by atoms with Crippen molar-refractivity contribution in [1.82, 2.24) is 14.7 Å². The van der Waals surface area contributed by atoms with Gasteiger partial charge >= 0.3 is 0 Å². The van der Waals surface area contributed by atoms with Crippen LogP contribution in [0.4, 0.5) is 0 Å². The number of aliphatic hydroxyl groups excluding tert-OH is 1. The minimum atomic E-state index is -0.485. The minimum absolute atomic E-state index is 0.166. The zero-order valence-corrected chi connectivity index (χ0v) is 10.8. The van der Waals surface area contributed by atoms with Gasteiger partial charge < -0.3 is 10.0 Å². The van der Waals surface area contributed by atoms with Gasteiger partial charge in [-0.3, -0.25) is 9.59 Å². The summed E-state index contributed by atoms with van der Waals surface area (Å²) in [4.78, 5) is 25.8.